The fourth-order valence-electron chi connectivity index (χ4n) is 6.12. The number of nitrogens with one attached hydrogen (secondary N) is 5. The molecule has 4 amide bonds. The fraction of sp³-hybridized carbons (Fsp3) is 0.585. The normalized spacial score (nSPS) is 16.5. The number of urea groups is 1. The summed E-state index contributed by atoms with van der Waals surface area (Å²) in [7, 11) is 1.63. The minimum atomic E-state index is -4.58. The standard InChI is InChI=1S/C32H53N5O8S.C9H6F3N3O2S/c1-34-27(23-30(39)45-24-25-9-3-2-4-10-25)31(40)36-15-8-17-43-19-21-44-20-18-42-16-7-14-35-29(38)12-6-5-11-28-26(13-22-46-28)37-32(33)41;10-9(11,12)8(13-14-8)6-3-1-5(2-4-6)7(16)17-15-18/h2-4,9-10,26-28,34H,5-8,11-24H2,1H3,(H,35,38)(H,36,40)(H3,33,37,41);1-4,15,18H/t26-,27+,28-;/m0./s1. The largest absolute Gasteiger partial charge is 0.461 e. The highest BCUT2D eigenvalue weighted by molar-refractivity contribution is 8.00. The van der Waals surface area contributed by atoms with Crippen molar-refractivity contribution in [3.63, 3.8) is 0 Å². The molecule has 2 aromatic rings. The van der Waals surface area contributed by atoms with Gasteiger partial charge in [-0.05, 0) is 62.6 Å². The number of thioether (sulfide) groups is 1. The van der Waals surface area contributed by atoms with Crippen LogP contribution >= 0.6 is 24.6 Å². The number of nitrogens with two attached hydrogens (primary N) is 1. The molecular formula is C41H59F3N8O10S2. The molecule has 0 aliphatic carbocycles. The van der Waals surface area contributed by atoms with Gasteiger partial charge in [0.25, 0.3) is 0 Å². The Balaban J connectivity index is 0.000000499. The van der Waals surface area contributed by atoms with Gasteiger partial charge in [-0.1, -0.05) is 66.6 Å². The van der Waals surface area contributed by atoms with Gasteiger partial charge in [0.2, 0.25) is 11.8 Å². The number of hydrogen-bond donors (Lipinski definition) is 7. The SMILES string of the molecule is CN[C@H](CC(=O)OCc1ccccc1)C(=O)NCCCOCCOCCOCCCNC(=O)CCCC[C@@H]1SCC[C@@H]1NC(N)=O.O=C(ONS)c1ccc(C2(C(F)(F)F)N=N2)cc1. The van der Waals surface area contributed by atoms with Gasteiger partial charge in [0.15, 0.2) is 0 Å². The number of ether oxygens (including phenoxy) is 4. The summed E-state index contributed by atoms with van der Waals surface area (Å²) in [5.41, 5.74) is 3.59. The number of rotatable bonds is 29. The van der Waals surface area contributed by atoms with Crippen molar-refractivity contribution in [2.75, 3.05) is 65.5 Å². The van der Waals surface area contributed by atoms with Crippen molar-refractivity contribution in [1.82, 2.24) is 26.2 Å². The number of nitrogens with zero attached hydrogens (tertiary/aromatic N) is 2. The van der Waals surface area contributed by atoms with Gasteiger partial charge in [0.05, 0.1) is 44.5 Å². The van der Waals surface area contributed by atoms with Gasteiger partial charge in [-0.25, -0.2) is 9.59 Å². The summed E-state index contributed by atoms with van der Waals surface area (Å²) < 4.78 is 59.8. The van der Waals surface area contributed by atoms with E-state index in [1.807, 2.05) is 47.0 Å². The summed E-state index contributed by atoms with van der Waals surface area (Å²) in [6, 6.07) is 13.0. The predicted molar refractivity (Wildman–Crippen MR) is 234 cm³/mol. The first-order valence-electron chi connectivity index (χ1n) is 20.8. The zero-order valence-corrected chi connectivity index (χ0v) is 37.4. The summed E-state index contributed by atoms with van der Waals surface area (Å²) in [6.45, 7) is 4.02. The van der Waals surface area contributed by atoms with E-state index >= 15 is 0 Å². The van der Waals surface area contributed by atoms with Crippen molar-refractivity contribution >= 4 is 54.4 Å². The van der Waals surface area contributed by atoms with Gasteiger partial charge >= 0.3 is 29.8 Å². The van der Waals surface area contributed by atoms with Gasteiger partial charge in [-0.15, -0.1) is 10.2 Å². The van der Waals surface area contributed by atoms with Gasteiger partial charge in [0, 0.05) is 49.6 Å². The lowest BCUT2D eigenvalue weighted by molar-refractivity contribution is -0.166. The molecule has 0 bridgehead atoms. The number of esters is 1. The highest BCUT2D eigenvalue weighted by Gasteiger charge is 2.65. The summed E-state index contributed by atoms with van der Waals surface area (Å²) in [6.07, 6.45) is 0.933. The molecule has 64 heavy (non-hydrogen) atoms. The summed E-state index contributed by atoms with van der Waals surface area (Å²) in [4.78, 5) is 65.0. The van der Waals surface area contributed by atoms with Crippen LogP contribution in [0.15, 0.2) is 64.8 Å². The molecule has 0 saturated carbocycles. The molecule has 1 fully saturated rings. The maximum Gasteiger partial charge on any atom is 0.442 e. The first kappa shape index (κ1) is 53.8. The van der Waals surface area contributed by atoms with Crippen LogP contribution in [-0.2, 0) is 50.4 Å². The van der Waals surface area contributed by atoms with Crippen LogP contribution in [0.4, 0.5) is 18.0 Å². The summed E-state index contributed by atoms with van der Waals surface area (Å²) in [5.74, 6) is -0.380. The fourth-order valence-corrected chi connectivity index (χ4v) is 7.67. The molecule has 2 aliphatic rings. The van der Waals surface area contributed by atoms with Crippen molar-refractivity contribution in [2.45, 2.75) is 87.1 Å². The molecule has 2 aliphatic heterocycles. The lowest BCUT2D eigenvalue weighted by Crippen LogP contribution is -2.44. The van der Waals surface area contributed by atoms with Crippen molar-refractivity contribution in [2.24, 2.45) is 16.0 Å². The number of unbranched alkanes of at least 4 members (excludes halogenated alkanes) is 1. The number of hydrogen-bond acceptors (Lipinski definition) is 16. The molecule has 1 saturated heterocycles. The molecule has 4 rings (SSSR count). The van der Waals surface area contributed by atoms with E-state index < -0.39 is 35.9 Å². The molecule has 2 heterocycles. The third-order valence-electron chi connectivity index (χ3n) is 9.61. The quantitative estimate of drug-likeness (QED) is 0.0262. The first-order valence-corrected chi connectivity index (χ1v) is 22.3. The third-order valence-corrected chi connectivity index (χ3v) is 11.2. The van der Waals surface area contributed by atoms with E-state index in [1.165, 1.54) is 12.1 Å². The lowest BCUT2D eigenvalue weighted by atomic mass is 10.0. The summed E-state index contributed by atoms with van der Waals surface area (Å²) in [5, 5.41) is 17.9. The molecule has 3 atom stereocenters. The van der Waals surface area contributed by atoms with Crippen LogP contribution in [0, 0.1) is 0 Å². The molecule has 2 aromatic carbocycles. The lowest BCUT2D eigenvalue weighted by Gasteiger charge is -2.18. The second-order valence-corrected chi connectivity index (χ2v) is 15.9. The van der Waals surface area contributed by atoms with E-state index in [1.54, 1.807) is 7.05 Å². The Bertz CT molecular complexity index is 1750. The smallest absolute Gasteiger partial charge is 0.442 e. The molecule has 356 valence electrons. The Morgan fingerprint density at radius 1 is 0.875 bits per heavy atom. The average molecular weight is 945 g/mol. The molecule has 0 spiro atoms. The van der Waals surface area contributed by atoms with Crippen LogP contribution in [0.3, 0.4) is 0 Å². The Morgan fingerprint density at radius 2 is 1.50 bits per heavy atom. The maximum absolute atomic E-state index is 12.7. The number of benzene rings is 2. The van der Waals surface area contributed by atoms with Gasteiger partial charge in [-0.2, -0.15) is 24.9 Å². The molecular weight excluding hydrogens is 886 g/mol. The maximum atomic E-state index is 12.7. The van der Waals surface area contributed by atoms with E-state index in [-0.39, 0.29) is 42.0 Å². The van der Waals surface area contributed by atoms with Gasteiger partial charge < -0.3 is 50.8 Å². The van der Waals surface area contributed by atoms with Crippen LogP contribution < -0.4 is 31.9 Å². The number of alkyl halides is 3. The number of amides is 4. The van der Waals surface area contributed by atoms with Gasteiger partial charge in [-0.3, -0.25) is 14.4 Å². The number of carbonyl (C=O) groups excluding carboxylic acids is 5. The summed E-state index contributed by atoms with van der Waals surface area (Å²) >= 11 is 5.32. The molecule has 18 nitrogen and oxygen atoms in total. The molecule has 0 unspecified atom stereocenters. The van der Waals surface area contributed by atoms with Crippen LogP contribution in [-0.4, -0.2) is 119 Å². The van der Waals surface area contributed by atoms with Crippen LogP contribution in [0.1, 0.15) is 72.9 Å². The first-order chi connectivity index (χ1) is 30.8. The molecule has 0 aromatic heterocycles. The molecule has 0 radical (unpaired) electrons. The van der Waals surface area contributed by atoms with Crippen molar-refractivity contribution in [1.29, 1.82) is 0 Å². The van der Waals surface area contributed by atoms with E-state index in [9.17, 15) is 37.1 Å². The Morgan fingerprint density at radius 3 is 2.08 bits per heavy atom. The predicted octanol–water partition coefficient (Wildman–Crippen LogP) is 4.25. The molecule has 7 N–H and O–H groups in total. The Labute approximate surface area is 380 Å². The number of thiol groups is 1. The van der Waals surface area contributed by atoms with E-state index in [0.29, 0.717) is 70.8 Å². The number of halogens is 3. The van der Waals surface area contributed by atoms with E-state index in [2.05, 4.69) is 49.1 Å². The van der Waals surface area contributed by atoms with Crippen molar-refractivity contribution < 1.29 is 60.9 Å². The zero-order chi connectivity index (χ0) is 46.6. The highest BCUT2D eigenvalue weighted by atomic mass is 32.2. The minimum absolute atomic E-state index is 0.0503. The average Bonchev–Trinajstić information content (AvgIpc) is 4.00. The number of likely N-dealkylation sites (N-methyl/N-ethyl adjacent to an activating group) is 1. The van der Waals surface area contributed by atoms with Crippen LogP contribution in [0.5, 0.6) is 0 Å². The van der Waals surface area contributed by atoms with E-state index in [0.717, 1.165) is 55.6 Å². The zero-order valence-electron chi connectivity index (χ0n) is 35.7. The van der Waals surface area contributed by atoms with Gasteiger partial charge in [0.1, 0.15) is 6.61 Å². The Hall–Kier alpha value is -4.52. The monoisotopic (exact) mass is 944 g/mol. The van der Waals surface area contributed by atoms with Crippen LogP contribution in [0.25, 0.3) is 0 Å². The van der Waals surface area contributed by atoms with Crippen molar-refractivity contribution in [3.8, 4) is 0 Å². The minimum Gasteiger partial charge on any atom is -0.461 e. The molecule has 23 heteroatoms. The second kappa shape index (κ2) is 29.8. The Kier molecular flexibility index (Phi) is 25.1. The number of primary amides is 1. The topological polar surface area (TPSA) is 242 Å². The highest BCUT2D eigenvalue weighted by Crippen LogP contribution is 2.52. The van der Waals surface area contributed by atoms with Crippen molar-refractivity contribution in [3.05, 3.63) is 71.3 Å². The van der Waals surface area contributed by atoms with Crippen LogP contribution in [0.2, 0.25) is 0 Å². The van der Waals surface area contributed by atoms with E-state index in [4.69, 9.17) is 24.7 Å². The number of carbonyl (C=O) groups is 5. The second-order valence-electron chi connectivity index (χ2n) is 14.4. The third kappa shape index (κ3) is 20.5.